The molecule has 1 rings (SSSR count). The predicted molar refractivity (Wildman–Crippen MR) is 78.6 cm³/mol. The maximum atomic E-state index is 12.1. The minimum atomic E-state index is -0.923. The molecule has 4 unspecified atom stereocenters. The number of thioether (sulfide) groups is 1. The lowest BCUT2D eigenvalue weighted by Gasteiger charge is -2.25. The molecular weight excluding hydrogens is 280 g/mol. The summed E-state index contributed by atoms with van der Waals surface area (Å²) in [4.78, 5) is 12.1. The molecule has 118 valence electrons. The van der Waals surface area contributed by atoms with Crippen LogP contribution < -0.4 is 0 Å². The molecule has 1 fully saturated rings. The fourth-order valence-corrected chi connectivity index (χ4v) is 3.21. The van der Waals surface area contributed by atoms with Crippen molar-refractivity contribution in [2.24, 2.45) is 0 Å². The number of ether oxygens (including phenoxy) is 1. The highest BCUT2D eigenvalue weighted by molar-refractivity contribution is 8.00. The van der Waals surface area contributed by atoms with Crippen LogP contribution in [0.25, 0.3) is 0 Å². The molecule has 0 aliphatic carbocycles. The van der Waals surface area contributed by atoms with E-state index in [4.69, 9.17) is 9.84 Å². The van der Waals surface area contributed by atoms with Crippen LogP contribution in [0, 0.1) is 0 Å². The molecule has 0 spiro atoms. The second kappa shape index (κ2) is 9.60. The summed E-state index contributed by atoms with van der Waals surface area (Å²) in [6.07, 6.45) is 2.49. The Morgan fingerprint density at radius 3 is 2.60 bits per heavy atom. The third kappa shape index (κ3) is 6.43. The number of carbonyl (C=O) groups excluding carboxylic acids is 1. The van der Waals surface area contributed by atoms with E-state index >= 15 is 0 Å². The van der Waals surface area contributed by atoms with Crippen LogP contribution in [0.1, 0.15) is 45.4 Å². The van der Waals surface area contributed by atoms with E-state index < -0.39 is 17.5 Å². The van der Waals surface area contributed by atoms with Gasteiger partial charge in [-0.05, 0) is 32.6 Å². The van der Waals surface area contributed by atoms with Crippen LogP contribution in [0.2, 0.25) is 0 Å². The summed E-state index contributed by atoms with van der Waals surface area (Å²) in [5.41, 5.74) is 0. The van der Waals surface area contributed by atoms with Gasteiger partial charge in [0.2, 0.25) is 0 Å². The highest BCUT2D eigenvalue weighted by Gasteiger charge is 2.28. The Labute approximate surface area is 124 Å². The molecule has 0 aromatic carbocycles. The Kier molecular flexibility index (Phi) is 8.52. The lowest BCUT2D eigenvalue weighted by Crippen LogP contribution is -2.34. The van der Waals surface area contributed by atoms with E-state index in [1.807, 2.05) is 6.92 Å². The van der Waals surface area contributed by atoms with Gasteiger partial charge in [0.05, 0.1) is 24.9 Å². The first-order valence-corrected chi connectivity index (χ1v) is 8.38. The molecule has 1 aliphatic rings. The molecule has 0 aromatic rings. The second-order valence-electron chi connectivity index (χ2n) is 5.34. The van der Waals surface area contributed by atoms with E-state index in [-0.39, 0.29) is 25.1 Å². The van der Waals surface area contributed by atoms with Crippen LogP contribution in [-0.2, 0) is 9.53 Å². The highest BCUT2D eigenvalue weighted by atomic mass is 32.2. The van der Waals surface area contributed by atoms with Gasteiger partial charge in [0, 0.05) is 5.75 Å². The number of esters is 1. The van der Waals surface area contributed by atoms with Gasteiger partial charge in [-0.3, -0.25) is 4.79 Å². The van der Waals surface area contributed by atoms with E-state index in [2.05, 4.69) is 0 Å². The predicted octanol–water partition coefficient (Wildman–Crippen LogP) is 1.09. The fraction of sp³-hybridized carbons (Fsp3) is 0.929. The van der Waals surface area contributed by atoms with Crippen LogP contribution in [0.5, 0.6) is 0 Å². The first-order chi connectivity index (χ1) is 9.54. The van der Waals surface area contributed by atoms with Crippen molar-refractivity contribution >= 4 is 17.7 Å². The van der Waals surface area contributed by atoms with Crippen molar-refractivity contribution in [3.8, 4) is 0 Å². The van der Waals surface area contributed by atoms with Crippen molar-refractivity contribution in [2.45, 2.75) is 69.0 Å². The largest absolute Gasteiger partial charge is 0.462 e. The first kappa shape index (κ1) is 17.8. The topological polar surface area (TPSA) is 87.0 Å². The van der Waals surface area contributed by atoms with Gasteiger partial charge in [-0.25, -0.2) is 0 Å². The Morgan fingerprint density at radius 2 is 1.90 bits per heavy atom. The van der Waals surface area contributed by atoms with Crippen molar-refractivity contribution in [2.75, 3.05) is 12.4 Å². The molecule has 1 saturated heterocycles. The number of hydrogen-bond acceptors (Lipinski definition) is 6. The van der Waals surface area contributed by atoms with Crippen LogP contribution >= 0.6 is 11.8 Å². The van der Waals surface area contributed by atoms with E-state index in [0.29, 0.717) is 12.2 Å². The van der Waals surface area contributed by atoms with Crippen LogP contribution in [0.4, 0.5) is 0 Å². The van der Waals surface area contributed by atoms with Crippen LogP contribution in [-0.4, -0.2) is 57.2 Å². The minimum absolute atomic E-state index is 0.0251. The van der Waals surface area contributed by atoms with Gasteiger partial charge in [-0.15, -0.1) is 11.8 Å². The maximum absolute atomic E-state index is 12.1. The van der Waals surface area contributed by atoms with Crippen molar-refractivity contribution in [3.05, 3.63) is 0 Å². The molecule has 3 N–H and O–H groups in total. The number of aliphatic hydroxyl groups is 3. The molecule has 0 bridgehead atoms. The van der Waals surface area contributed by atoms with E-state index in [1.165, 1.54) is 11.8 Å². The van der Waals surface area contributed by atoms with Gasteiger partial charge in [0.25, 0.3) is 0 Å². The maximum Gasteiger partial charge on any atom is 0.319 e. The van der Waals surface area contributed by atoms with E-state index in [1.54, 1.807) is 0 Å². The summed E-state index contributed by atoms with van der Waals surface area (Å²) in [7, 11) is 0. The van der Waals surface area contributed by atoms with Gasteiger partial charge >= 0.3 is 5.97 Å². The summed E-state index contributed by atoms with van der Waals surface area (Å²) in [6, 6.07) is 0. The zero-order chi connectivity index (χ0) is 15.0. The molecule has 4 atom stereocenters. The number of aliphatic hydroxyl groups excluding tert-OH is 3. The van der Waals surface area contributed by atoms with Gasteiger partial charge in [0.1, 0.15) is 5.25 Å². The van der Waals surface area contributed by atoms with Gasteiger partial charge in [-0.1, -0.05) is 12.8 Å². The Bertz CT molecular complexity index is 287. The van der Waals surface area contributed by atoms with Crippen molar-refractivity contribution in [3.63, 3.8) is 0 Å². The molecule has 1 heterocycles. The summed E-state index contributed by atoms with van der Waals surface area (Å²) >= 11 is 1.27. The zero-order valence-corrected chi connectivity index (χ0v) is 12.8. The zero-order valence-electron chi connectivity index (χ0n) is 12.0. The molecule has 20 heavy (non-hydrogen) atoms. The molecule has 5 nitrogen and oxygen atoms in total. The molecule has 0 radical (unpaired) electrons. The normalized spacial score (nSPS) is 33.9. The third-order valence-electron chi connectivity index (χ3n) is 3.50. The third-order valence-corrected chi connectivity index (χ3v) is 4.71. The van der Waals surface area contributed by atoms with E-state index in [0.717, 1.165) is 25.7 Å². The first-order valence-electron chi connectivity index (χ1n) is 7.33. The molecular formula is C14H26O5S. The van der Waals surface area contributed by atoms with Crippen molar-refractivity contribution < 1.29 is 24.9 Å². The monoisotopic (exact) mass is 306 g/mol. The van der Waals surface area contributed by atoms with Gasteiger partial charge in [0.15, 0.2) is 0 Å². The van der Waals surface area contributed by atoms with Crippen molar-refractivity contribution in [1.29, 1.82) is 0 Å². The Balaban J connectivity index is 2.67. The molecule has 0 aromatic heterocycles. The SMILES string of the molecule is CC1CCCCCC(O)C(O)CC(SCCO)C(=O)O1. The number of rotatable bonds is 3. The fourth-order valence-electron chi connectivity index (χ4n) is 2.29. The minimum Gasteiger partial charge on any atom is -0.462 e. The van der Waals surface area contributed by atoms with Crippen LogP contribution in [0.3, 0.4) is 0 Å². The average Bonchev–Trinajstić information content (AvgIpc) is 2.41. The summed E-state index contributed by atoms with van der Waals surface area (Å²) in [6.45, 7) is 1.85. The van der Waals surface area contributed by atoms with Gasteiger partial charge in [-0.2, -0.15) is 0 Å². The van der Waals surface area contributed by atoms with Crippen molar-refractivity contribution in [1.82, 2.24) is 0 Å². The molecule has 6 heteroatoms. The summed E-state index contributed by atoms with van der Waals surface area (Å²) < 4.78 is 5.38. The van der Waals surface area contributed by atoms with E-state index in [9.17, 15) is 15.0 Å². The van der Waals surface area contributed by atoms with Gasteiger partial charge < -0.3 is 20.1 Å². The number of carbonyl (C=O) groups is 1. The molecule has 0 saturated carbocycles. The lowest BCUT2D eigenvalue weighted by atomic mass is 10.0. The molecule has 1 aliphatic heterocycles. The number of cyclic esters (lactones) is 1. The van der Waals surface area contributed by atoms with Crippen LogP contribution in [0.15, 0.2) is 0 Å². The molecule has 0 amide bonds. The second-order valence-corrected chi connectivity index (χ2v) is 6.65. The smallest absolute Gasteiger partial charge is 0.319 e. The quantitative estimate of drug-likeness (QED) is 0.677. The standard InChI is InChI=1S/C14H26O5S/c1-10-5-3-2-4-6-11(16)12(17)9-13(14(18)19-10)20-8-7-15/h10-13,15-17H,2-9H2,1H3. The Hall–Kier alpha value is -0.300. The summed E-state index contributed by atoms with van der Waals surface area (Å²) in [5, 5.41) is 28.2. The Morgan fingerprint density at radius 1 is 1.20 bits per heavy atom. The number of hydrogen-bond donors (Lipinski definition) is 3. The lowest BCUT2D eigenvalue weighted by molar-refractivity contribution is -0.149. The summed E-state index contributed by atoms with van der Waals surface area (Å²) in [5.74, 6) is 0.0551. The average molecular weight is 306 g/mol. The highest BCUT2D eigenvalue weighted by Crippen LogP contribution is 2.23.